The molecular weight excluding hydrogens is 331 g/mol. The number of aromatic nitrogens is 2. The molecule has 2 aromatic rings. The molecule has 1 atom stereocenters. The van der Waals surface area contributed by atoms with E-state index in [1.165, 1.54) is 12.1 Å². The third kappa shape index (κ3) is 3.94. The maximum Gasteiger partial charge on any atom is 0.254 e. The number of amides is 1. The number of nitrogens with zero attached hydrogens (tertiary/aromatic N) is 2. The molecule has 130 valence electrons. The monoisotopic (exact) mass is 352 g/mol. The third-order valence-electron chi connectivity index (χ3n) is 4.25. The van der Waals surface area contributed by atoms with E-state index in [0.29, 0.717) is 24.4 Å². The van der Waals surface area contributed by atoms with Crippen LogP contribution in [-0.2, 0) is 6.42 Å². The second-order valence-electron chi connectivity index (χ2n) is 5.96. The maximum absolute atomic E-state index is 13.1. The van der Waals surface area contributed by atoms with Gasteiger partial charge in [0.2, 0.25) is 0 Å². The second kappa shape index (κ2) is 7.77. The van der Waals surface area contributed by atoms with Crippen LogP contribution in [0.15, 0.2) is 30.5 Å². The lowest BCUT2D eigenvalue weighted by Crippen LogP contribution is -2.38. The number of nitrogens with two attached hydrogens (primary N) is 1. The van der Waals surface area contributed by atoms with Gasteiger partial charge < -0.3 is 11.1 Å². The zero-order chi connectivity index (χ0) is 16.4. The Balaban J connectivity index is 0.00000208. The lowest BCUT2D eigenvalue weighted by molar-refractivity contribution is 0.0949. The Morgan fingerprint density at radius 1 is 1.42 bits per heavy atom. The summed E-state index contributed by atoms with van der Waals surface area (Å²) < 4.78 is 14.7. The Hall–Kier alpha value is -1.92. The van der Waals surface area contributed by atoms with Crippen molar-refractivity contribution in [1.82, 2.24) is 15.1 Å². The number of halogens is 2. The standard InChI is InChI=1S/C17H21FN4O.ClH/c1-2-16-14(17(23)20-10-15(19)11-3-4-11)9-21-22(16)13-7-5-12(18)6-8-13;/h5-9,11,15H,2-4,10,19H2,1H3,(H,20,23);1H. The summed E-state index contributed by atoms with van der Waals surface area (Å²) in [5.74, 6) is 0.0835. The van der Waals surface area contributed by atoms with E-state index in [1.807, 2.05) is 6.92 Å². The van der Waals surface area contributed by atoms with Crippen molar-refractivity contribution in [2.45, 2.75) is 32.2 Å². The molecule has 0 radical (unpaired) electrons. The highest BCUT2D eigenvalue weighted by Gasteiger charge is 2.29. The topological polar surface area (TPSA) is 72.9 Å². The lowest BCUT2D eigenvalue weighted by Gasteiger charge is -2.12. The summed E-state index contributed by atoms with van der Waals surface area (Å²) >= 11 is 0. The van der Waals surface area contributed by atoms with Gasteiger partial charge >= 0.3 is 0 Å². The summed E-state index contributed by atoms with van der Waals surface area (Å²) in [6.07, 6.45) is 4.51. The lowest BCUT2D eigenvalue weighted by atomic mass is 10.1. The Kier molecular flexibility index (Phi) is 5.96. The molecule has 3 N–H and O–H groups in total. The smallest absolute Gasteiger partial charge is 0.254 e. The predicted octanol–water partition coefficient (Wildman–Crippen LogP) is 2.46. The molecule has 0 aliphatic heterocycles. The van der Waals surface area contributed by atoms with Crippen LogP contribution < -0.4 is 11.1 Å². The first-order chi connectivity index (χ1) is 11.1. The van der Waals surface area contributed by atoms with Crippen LogP contribution in [0.1, 0.15) is 35.8 Å². The van der Waals surface area contributed by atoms with Crippen LogP contribution in [0.4, 0.5) is 4.39 Å². The summed E-state index contributed by atoms with van der Waals surface area (Å²) in [5, 5.41) is 7.18. The van der Waals surface area contributed by atoms with E-state index in [2.05, 4.69) is 10.4 Å². The number of nitrogens with one attached hydrogen (secondary N) is 1. The van der Waals surface area contributed by atoms with Gasteiger partial charge in [-0.05, 0) is 49.4 Å². The first-order valence-electron chi connectivity index (χ1n) is 7.96. The summed E-state index contributed by atoms with van der Waals surface area (Å²) in [5.41, 5.74) is 8.09. The van der Waals surface area contributed by atoms with Crippen molar-refractivity contribution in [1.29, 1.82) is 0 Å². The van der Waals surface area contributed by atoms with Gasteiger partial charge in [-0.25, -0.2) is 9.07 Å². The quantitative estimate of drug-likeness (QED) is 0.838. The molecule has 0 saturated heterocycles. The highest BCUT2D eigenvalue weighted by Crippen LogP contribution is 2.31. The number of hydrogen-bond acceptors (Lipinski definition) is 3. The molecule has 1 unspecified atom stereocenters. The zero-order valence-electron chi connectivity index (χ0n) is 13.5. The third-order valence-corrected chi connectivity index (χ3v) is 4.25. The fraction of sp³-hybridized carbons (Fsp3) is 0.412. The van der Waals surface area contributed by atoms with E-state index in [4.69, 9.17) is 5.73 Å². The van der Waals surface area contributed by atoms with E-state index in [9.17, 15) is 9.18 Å². The summed E-state index contributed by atoms with van der Waals surface area (Å²) in [7, 11) is 0. The number of benzene rings is 1. The Morgan fingerprint density at radius 3 is 2.67 bits per heavy atom. The van der Waals surface area contributed by atoms with E-state index in [0.717, 1.165) is 24.2 Å². The fourth-order valence-electron chi connectivity index (χ4n) is 2.71. The van der Waals surface area contributed by atoms with Crippen molar-refractivity contribution < 1.29 is 9.18 Å². The van der Waals surface area contributed by atoms with Crippen molar-refractivity contribution >= 4 is 18.3 Å². The van der Waals surface area contributed by atoms with Gasteiger partial charge in [0.05, 0.1) is 23.1 Å². The zero-order valence-corrected chi connectivity index (χ0v) is 14.4. The Labute approximate surface area is 146 Å². The van der Waals surface area contributed by atoms with E-state index >= 15 is 0 Å². The van der Waals surface area contributed by atoms with Crippen LogP contribution in [0.25, 0.3) is 5.69 Å². The maximum atomic E-state index is 13.1. The molecule has 1 heterocycles. The molecule has 24 heavy (non-hydrogen) atoms. The highest BCUT2D eigenvalue weighted by molar-refractivity contribution is 5.95. The van der Waals surface area contributed by atoms with Gasteiger partial charge in [0.25, 0.3) is 5.91 Å². The van der Waals surface area contributed by atoms with Gasteiger partial charge in [-0.2, -0.15) is 5.10 Å². The van der Waals surface area contributed by atoms with Gasteiger partial charge in [0, 0.05) is 12.6 Å². The molecule has 1 saturated carbocycles. The van der Waals surface area contributed by atoms with Gasteiger partial charge in [-0.1, -0.05) is 6.92 Å². The van der Waals surface area contributed by atoms with Crippen molar-refractivity contribution in [3.63, 3.8) is 0 Å². The summed E-state index contributed by atoms with van der Waals surface area (Å²) in [6.45, 7) is 2.44. The van der Waals surface area contributed by atoms with Crippen molar-refractivity contribution in [2.75, 3.05) is 6.54 Å². The predicted molar refractivity (Wildman–Crippen MR) is 93.2 cm³/mol. The molecule has 1 aliphatic carbocycles. The van der Waals surface area contributed by atoms with Crippen LogP contribution >= 0.6 is 12.4 Å². The van der Waals surface area contributed by atoms with Gasteiger partial charge in [0.15, 0.2) is 0 Å². The van der Waals surface area contributed by atoms with Crippen molar-refractivity contribution in [3.05, 3.63) is 47.5 Å². The first kappa shape index (κ1) is 18.4. The van der Waals surface area contributed by atoms with Crippen LogP contribution in [0.3, 0.4) is 0 Å². The van der Waals surface area contributed by atoms with Gasteiger partial charge in [-0.3, -0.25) is 4.79 Å². The van der Waals surface area contributed by atoms with Crippen molar-refractivity contribution in [2.24, 2.45) is 11.7 Å². The van der Waals surface area contributed by atoms with Crippen LogP contribution in [0, 0.1) is 11.7 Å². The molecule has 1 fully saturated rings. The van der Waals surface area contributed by atoms with Crippen LogP contribution in [0.5, 0.6) is 0 Å². The Morgan fingerprint density at radius 2 is 2.08 bits per heavy atom. The minimum absolute atomic E-state index is 0. The minimum Gasteiger partial charge on any atom is -0.350 e. The Bertz CT molecular complexity index is 697. The average molecular weight is 353 g/mol. The molecule has 5 nitrogen and oxygen atoms in total. The minimum atomic E-state index is -0.300. The number of hydrogen-bond donors (Lipinski definition) is 2. The SMILES string of the molecule is CCc1c(C(=O)NCC(N)C2CC2)cnn1-c1ccc(F)cc1.Cl. The van der Waals surface area contributed by atoms with Gasteiger partial charge in [0.1, 0.15) is 5.82 Å². The highest BCUT2D eigenvalue weighted by atomic mass is 35.5. The number of carbonyl (C=O) groups excluding carboxylic acids is 1. The summed E-state index contributed by atoms with van der Waals surface area (Å²) in [4.78, 5) is 12.4. The molecule has 1 aromatic heterocycles. The normalized spacial score (nSPS) is 14.8. The largest absolute Gasteiger partial charge is 0.350 e. The molecule has 0 bridgehead atoms. The molecule has 1 aromatic carbocycles. The first-order valence-corrected chi connectivity index (χ1v) is 7.96. The van der Waals surface area contributed by atoms with Crippen molar-refractivity contribution in [3.8, 4) is 5.69 Å². The molecule has 7 heteroatoms. The number of rotatable bonds is 6. The van der Waals surface area contributed by atoms with E-state index in [-0.39, 0.29) is 30.2 Å². The summed E-state index contributed by atoms with van der Waals surface area (Å²) in [6, 6.07) is 6.07. The van der Waals surface area contributed by atoms with E-state index in [1.54, 1.807) is 23.0 Å². The van der Waals surface area contributed by atoms with Gasteiger partial charge in [-0.15, -0.1) is 12.4 Å². The van der Waals surface area contributed by atoms with E-state index < -0.39 is 0 Å². The second-order valence-corrected chi connectivity index (χ2v) is 5.96. The number of carbonyl (C=O) groups is 1. The molecule has 0 spiro atoms. The molecular formula is C17H22ClFN4O. The van der Waals surface area contributed by atoms with Crippen LogP contribution in [0.2, 0.25) is 0 Å². The molecule has 3 rings (SSSR count). The van der Waals surface area contributed by atoms with Crippen LogP contribution in [-0.4, -0.2) is 28.3 Å². The average Bonchev–Trinajstić information content (AvgIpc) is 3.32. The molecule has 1 aliphatic rings. The molecule has 1 amide bonds. The fourth-order valence-corrected chi connectivity index (χ4v) is 2.71.